The summed E-state index contributed by atoms with van der Waals surface area (Å²) >= 11 is 0. The van der Waals surface area contributed by atoms with Gasteiger partial charge in [0.1, 0.15) is 5.75 Å². The van der Waals surface area contributed by atoms with Gasteiger partial charge in [0.05, 0.1) is 111 Å². The Morgan fingerprint density at radius 2 is 1.23 bits per heavy atom. The number of anilines is 2. The number of nitrogens with two attached hydrogens (primary N) is 1. The predicted octanol–water partition coefficient (Wildman–Crippen LogP) is 3.52. The van der Waals surface area contributed by atoms with Crippen LogP contribution in [0.25, 0.3) is 33.0 Å². The third-order valence-electron chi connectivity index (χ3n) is 11.5. The number of nitrogens with one attached hydrogen (secondary N) is 4. The Morgan fingerprint density at radius 3 is 1.77 bits per heavy atom. The second kappa shape index (κ2) is 27.1. The largest absolute Gasteiger partial charge is 0.748 e. The first-order chi connectivity index (χ1) is 36.3. The molecule has 2 amide bonds. The van der Waals surface area contributed by atoms with E-state index in [0.29, 0.717) is 134 Å². The van der Waals surface area contributed by atoms with Gasteiger partial charge in [0.15, 0.2) is 17.7 Å². The summed E-state index contributed by atoms with van der Waals surface area (Å²) in [6.07, 6.45) is 1.62. The van der Waals surface area contributed by atoms with Crippen LogP contribution < -0.4 is 36.5 Å². The number of hydrogen-bond acceptors (Lipinski definition) is 18. The standard InChI is InChI=1S/C52H59N9O13S/c1-34-30-37(31-35(2)46(34)74-51(65)44-40-8-3-5-10-42(40)61(18-7-29-75(66,67)68)43-11-6-4-9-41(43)44)49(63)55-17-20-70-22-24-72-26-28-73-27-25-71-23-21-69-19-16-54-48(62)36-12-14-38(15-13-36)56-32-39-33-57-47-45(58-39)50(64)60-52(53)59-47/h3-6,8-15,30-31,33H,7,16-29,32H2,1-2H3,(H6-,53,54,55,56,57,59,60,62,63,64,66,67,68). The van der Waals surface area contributed by atoms with Crippen molar-refractivity contribution >= 4 is 72.5 Å². The van der Waals surface area contributed by atoms with Crippen LogP contribution in [0.15, 0.2) is 95.9 Å². The Morgan fingerprint density at radius 1 is 0.707 bits per heavy atom. The molecule has 0 aliphatic carbocycles. The van der Waals surface area contributed by atoms with E-state index in [2.05, 4.69) is 35.9 Å². The number of rotatable bonds is 29. The number of aromatic amines is 1. The van der Waals surface area contributed by atoms with E-state index in [4.69, 9.17) is 34.2 Å². The fourth-order valence-corrected chi connectivity index (χ4v) is 8.49. The maximum absolute atomic E-state index is 14.0. The van der Waals surface area contributed by atoms with Crippen molar-refractivity contribution in [1.82, 2.24) is 30.6 Å². The van der Waals surface area contributed by atoms with Crippen LogP contribution in [0.3, 0.4) is 0 Å². The van der Waals surface area contributed by atoms with Gasteiger partial charge in [-0.2, -0.15) is 9.55 Å². The number of benzene rings is 4. The highest BCUT2D eigenvalue weighted by Crippen LogP contribution is 2.30. The van der Waals surface area contributed by atoms with E-state index in [-0.39, 0.29) is 55.0 Å². The number of amides is 2. The molecule has 0 unspecified atom stereocenters. The van der Waals surface area contributed by atoms with Gasteiger partial charge in [-0.3, -0.25) is 19.4 Å². The summed E-state index contributed by atoms with van der Waals surface area (Å²) in [5.74, 6) is -1.34. The van der Waals surface area contributed by atoms with Gasteiger partial charge in [0.25, 0.3) is 17.4 Å². The minimum Gasteiger partial charge on any atom is -0.748 e. The van der Waals surface area contributed by atoms with Crippen LogP contribution in [0, 0.1) is 13.8 Å². The molecule has 23 heteroatoms. The average Bonchev–Trinajstić information content (AvgIpc) is 3.39. The van der Waals surface area contributed by atoms with Crippen molar-refractivity contribution in [2.75, 3.05) is 96.0 Å². The molecule has 0 aliphatic heterocycles. The van der Waals surface area contributed by atoms with Gasteiger partial charge in [0, 0.05) is 54.2 Å². The fourth-order valence-electron chi connectivity index (χ4n) is 8.01. The second-order valence-electron chi connectivity index (χ2n) is 17.0. The first-order valence-electron chi connectivity index (χ1n) is 24.2. The molecule has 0 spiro atoms. The Kier molecular flexibility index (Phi) is 20.0. The highest BCUT2D eigenvalue weighted by molar-refractivity contribution is 7.85. The normalized spacial score (nSPS) is 11.6. The van der Waals surface area contributed by atoms with Gasteiger partial charge in [-0.1, -0.05) is 24.3 Å². The lowest BCUT2D eigenvalue weighted by atomic mass is 10.0. The summed E-state index contributed by atoms with van der Waals surface area (Å²) < 4.78 is 69.7. The number of aryl methyl sites for hydroxylation is 3. The molecule has 396 valence electrons. The molecule has 0 aliphatic rings. The molecule has 4 aromatic carbocycles. The number of H-pyrrole nitrogens is 1. The van der Waals surface area contributed by atoms with Crippen molar-refractivity contribution in [1.29, 1.82) is 0 Å². The maximum atomic E-state index is 14.0. The van der Waals surface area contributed by atoms with Crippen LogP contribution in [-0.2, 0) is 46.9 Å². The molecule has 0 bridgehead atoms. The van der Waals surface area contributed by atoms with Crippen molar-refractivity contribution < 1.29 is 60.3 Å². The van der Waals surface area contributed by atoms with Crippen molar-refractivity contribution in [2.24, 2.45) is 0 Å². The van der Waals surface area contributed by atoms with E-state index >= 15 is 0 Å². The van der Waals surface area contributed by atoms with E-state index in [1.54, 1.807) is 74.5 Å². The molecule has 0 radical (unpaired) electrons. The number of nitrogen functional groups attached to an aromatic ring is 1. The summed E-state index contributed by atoms with van der Waals surface area (Å²) in [5.41, 5.74) is 10.4. The molecule has 0 atom stereocenters. The number of hydrogen-bond donors (Lipinski definition) is 5. The van der Waals surface area contributed by atoms with E-state index in [1.165, 1.54) is 6.20 Å². The molecule has 6 N–H and O–H groups in total. The molecule has 3 heterocycles. The lowest BCUT2D eigenvalue weighted by molar-refractivity contribution is -0.645. The number of aromatic nitrogens is 5. The van der Waals surface area contributed by atoms with Gasteiger partial charge < -0.3 is 54.7 Å². The van der Waals surface area contributed by atoms with Crippen LogP contribution >= 0.6 is 0 Å². The zero-order chi connectivity index (χ0) is 53.2. The summed E-state index contributed by atoms with van der Waals surface area (Å²) in [6.45, 7) is 8.20. The quantitative estimate of drug-likeness (QED) is 0.0112. The summed E-state index contributed by atoms with van der Waals surface area (Å²) in [7, 11) is -4.39. The summed E-state index contributed by atoms with van der Waals surface area (Å²) in [6, 6.07) is 24.8. The fraction of sp³-hybridized carbons (Fsp3) is 0.346. The number of carbonyl (C=O) groups is 3. The van der Waals surface area contributed by atoms with Gasteiger partial charge in [-0.05, 0) is 73.5 Å². The van der Waals surface area contributed by atoms with Crippen LogP contribution in [0.4, 0.5) is 11.6 Å². The number of pyridine rings is 1. The number of carbonyl (C=O) groups excluding carboxylic acids is 3. The molecular formula is C52H59N9O13S. The highest BCUT2D eigenvalue weighted by atomic mass is 32.2. The molecule has 75 heavy (non-hydrogen) atoms. The Bertz CT molecular complexity index is 3210. The van der Waals surface area contributed by atoms with Crippen LogP contribution in [0.5, 0.6) is 5.75 Å². The van der Waals surface area contributed by atoms with Gasteiger partial charge >= 0.3 is 5.97 Å². The molecular weight excluding hydrogens is 991 g/mol. The number of nitrogens with zero attached hydrogens (tertiary/aromatic N) is 4. The third-order valence-corrected chi connectivity index (χ3v) is 12.3. The van der Waals surface area contributed by atoms with E-state index in [1.807, 2.05) is 28.8 Å². The number of para-hydroxylation sites is 2. The van der Waals surface area contributed by atoms with E-state index < -0.39 is 27.4 Å². The lowest BCUT2D eigenvalue weighted by Gasteiger charge is -2.15. The zero-order valence-electron chi connectivity index (χ0n) is 41.6. The first-order valence-corrected chi connectivity index (χ1v) is 25.7. The second-order valence-corrected chi connectivity index (χ2v) is 18.5. The zero-order valence-corrected chi connectivity index (χ0v) is 42.4. The summed E-state index contributed by atoms with van der Waals surface area (Å²) in [5, 5.41) is 10.1. The van der Waals surface area contributed by atoms with Gasteiger partial charge in [0.2, 0.25) is 17.0 Å². The van der Waals surface area contributed by atoms with Crippen molar-refractivity contribution in [3.05, 3.63) is 135 Å². The monoisotopic (exact) mass is 1050 g/mol. The molecule has 7 rings (SSSR count). The SMILES string of the molecule is Cc1cc(C(=O)NCCOCCOCCOCCOCCOCCNC(=O)c2ccc(NCc3cnc4nc(N)[nH]c(=O)c4n3)cc2)cc(C)c1OC(=O)c1c2ccccc2[n+](CCCS(=O)(=O)[O-])c2ccccc12. The predicted molar refractivity (Wildman–Crippen MR) is 277 cm³/mol. The van der Waals surface area contributed by atoms with Crippen LogP contribution in [-0.4, -0.2) is 136 Å². The lowest BCUT2D eigenvalue weighted by Crippen LogP contribution is -2.37. The van der Waals surface area contributed by atoms with Crippen LogP contribution in [0.2, 0.25) is 0 Å². The molecule has 0 saturated heterocycles. The first kappa shape index (κ1) is 55.2. The number of fused-ring (bicyclic) bond motifs is 3. The highest BCUT2D eigenvalue weighted by Gasteiger charge is 2.26. The van der Waals surface area contributed by atoms with Crippen LogP contribution in [0.1, 0.15) is 54.3 Å². The number of esters is 1. The molecule has 0 fully saturated rings. The van der Waals surface area contributed by atoms with Crippen molar-refractivity contribution in [3.8, 4) is 5.75 Å². The van der Waals surface area contributed by atoms with E-state index in [0.717, 1.165) is 5.69 Å². The van der Waals surface area contributed by atoms with Gasteiger partial charge in [-0.25, -0.2) is 23.2 Å². The molecule has 0 saturated carbocycles. The third kappa shape index (κ3) is 16.0. The minimum absolute atomic E-state index is 0.0288. The maximum Gasteiger partial charge on any atom is 0.345 e. The Labute approximate surface area is 432 Å². The van der Waals surface area contributed by atoms with Crippen molar-refractivity contribution in [2.45, 2.75) is 33.4 Å². The molecule has 7 aromatic rings. The Balaban J connectivity index is 0.696. The van der Waals surface area contributed by atoms with Gasteiger partial charge in [-0.15, -0.1) is 0 Å². The smallest absolute Gasteiger partial charge is 0.345 e. The molecule has 22 nitrogen and oxygen atoms in total. The van der Waals surface area contributed by atoms with E-state index in [9.17, 15) is 32.1 Å². The average molecular weight is 1050 g/mol. The molecule has 3 aromatic heterocycles. The Hall–Kier alpha value is -7.51. The minimum atomic E-state index is -4.39. The number of ether oxygens (including phenoxy) is 6. The van der Waals surface area contributed by atoms with Crippen molar-refractivity contribution in [3.63, 3.8) is 0 Å². The topological polar surface area (TPSA) is 301 Å². The summed E-state index contributed by atoms with van der Waals surface area (Å²) in [4.78, 5) is 66.6.